The van der Waals surface area contributed by atoms with Crippen LogP contribution in [0.1, 0.15) is 144 Å². The average molecular weight is 929 g/mol. The molecular formula is C53H70O10P2. The fraction of sp³-hybridized carbons (Fsp3) is 0.547. The van der Waals surface area contributed by atoms with E-state index in [-0.39, 0.29) is 39.3 Å². The summed E-state index contributed by atoms with van der Waals surface area (Å²) in [4.78, 5) is 0. The molecule has 2 atom stereocenters. The minimum Gasteiger partial charge on any atom is -0.497 e. The molecule has 2 unspecified atom stereocenters. The second kappa shape index (κ2) is 17.1. The summed E-state index contributed by atoms with van der Waals surface area (Å²) in [5.41, 5.74) is 5.50. The first kappa shape index (κ1) is 47.3. The van der Waals surface area contributed by atoms with Gasteiger partial charge in [-0.05, 0) is 95.9 Å². The van der Waals surface area contributed by atoms with E-state index in [1.54, 1.807) is 28.4 Å². The molecule has 1 spiro atoms. The summed E-state index contributed by atoms with van der Waals surface area (Å²) in [7, 11) is 2.91. The highest BCUT2D eigenvalue weighted by molar-refractivity contribution is 7.32. The first-order valence-electron chi connectivity index (χ1n) is 23.1. The highest BCUT2D eigenvalue weighted by Gasteiger charge is 2.54. The molecule has 8 rings (SSSR count). The Kier molecular flexibility index (Phi) is 12.5. The number of hydrogen-bond acceptors (Lipinski definition) is 10. The van der Waals surface area contributed by atoms with Crippen molar-refractivity contribution >= 4 is 60.4 Å². The van der Waals surface area contributed by atoms with E-state index >= 15 is 0 Å². The van der Waals surface area contributed by atoms with Gasteiger partial charge in [-0.2, -0.15) is 0 Å². The van der Waals surface area contributed by atoms with Crippen molar-refractivity contribution in [2.45, 2.75) is 155 Å². The van der Waals surface area contributed by atoms with E-state index in [1.807, 2.05) is 24.3 Å². The quantitative estimate of drug-likeness (QED) is 0.146. The molecular weight excluding hydrogens is 859 g/mol. The molecule has 2 aliphatic carbocycles. The van der Waals surface area contributed by atoms with Gasteiger partial charge >= 0.3 is 16.5 Å². The fourth-order valence-electron chi connectivity index (χ4n) is 10.0. The van der Waals surface area contributed by atoms with Crippen LogP contribution in [0.25, 0.3) is 43.9 Å². The topological polar surface area (TPSA) is 108 Å². The van der Waals surface area contributed by atoms with Gasteiger partial charge in [-0.1, -0.05) is 95.9 Å². The van der Waals surface area contributed by atoms with Crippen LogP contribution in [-0.2, 0) is 21.7 Å². The van der Waals surface area contributed by atoms with E-state index in [4.69, 9.17) is 44.8 Å². The molecule has 0 radical (unpaired) electrons. The Bertz CT molecular complexity index is 2480. The lowest BCUT2D eigenvalue weighted by Gasteiger charge is -2.35. The third-order valence-electron chi connectivity index (χ3n) is 13.6. The third-order valence-corrected chi connectivity index (χ3v) is 15.8. The van der Waals surface area contributed by atoms with Crippen molar-refractivity contribution in [2.24, 2.45) is 5.41 Å². The first-order chi connectivity index (χ1) is 30.5. The van der Waals surface area contributed by atoms with Crippen LogP contribution in [0.3, 0.4) is 0 Å². The first-order valence-corrected chi connectivity index (χ1v) is 25.2. The van der Waals surface area contributed by atoms with Gasteiger partial charge in [-0.25, -0.2) is 0 Å². The number of fused-ring (bicyclic) bond motifs is 6. The van der Waals surface area contributed by atoms with E-state index in [2.05, 4.69) is 107 Å². The van der Waals surface area contributed by atoms with Gasteiger partial charge in [0, 0.05) is 49.2 Å². The predicted octanol–water partition coefficient (Wildman–Crippen LogP) is 15.8. The van der Waals surface area contributed by atoms with E-state index in [1.165, 1.54) is 0 Å². The molecule has 2 fully saturated rings. The van der Waals surface area contributed by atoms with Gasteiger partial charge in [0.25, 0.3) is 0 Å². The molecule has 2 saturated carbocycles. The van der Waals surface area contributed by atoms with Crippen LogP contribution < -0.4 is 28.0 Å². The van der Waals surface area contributed by atoms with Crippen molar-refractivity contribution in [1.29, 1.82) is 0 Å². The highest BCUT2D eigenvalue weighted by atomic mass is 31.1. The molecule has 2 heterocycles. The van der Waals surface area contributed by atoms with Gasteiger partial charge in [0.15, 0.2) is 0 Å². The largest absolute Gasteiger partial charge is 0.497 e. The summed E-state index contributed by atoms with van der Waals surface area (Å²) < 4.78 is 66.9. The van der Waals surface area contributed by atoms with Crippen LogP contribution in [0.5, 0.6) is 23.0 Å². The lowest BCUT2D eigenvalue weighted by Crippen LogP contribution is -2.42. The molecule has 4 aromatic carbocycles. The van der Waals surface area contributed by atoms with E-state index in [0.29, 0.717) is 0 Å². The fourth-order valence-corrected chi connectivity index (χ4v) is 12.7. The zero-order valence-corrected chi connectivity index (χ0v) is 43.3. The number of ether oxygens (including phenoxy) is 4. The zero-order chi connectivity index (χ0) is 47.0. The molecule has 352 valence electrons. The van der Waals surface area contributed by atoms with Crippen molar-refractivity contribution in [3.8, 4) is 23.0 Å². The SMILES string of the molecule is COc1cc(C(C)(C)C)c2op(OC3CCCC34CCCC4Op3oc4c(C(C)(C)C)cc(OC)cc4c4cc(OC)cc(C(C)(C)C)c4o3)oc3c(C(C)(C)C)cc(OC)cc3c2c1. The molecule has 0 bridgehead atoms. The Morgan fingerprint density at radius 2 is 0.662 bits per heavy atom. The Morgan fingerprint density at radius 3 is 0.877 bits per heavy atom. The second-order valence-corrected chi connectivity index (χ2v) is 24.3. The van der Waals surface area contributed by atoms with Crippen LogP contribution in [-0.4, -0.2) is 40.6 Å². The third kappa shape index (κ3) is 8.90. The van der Waals surface area contributed by atoms with Crippen molar-refractivity contribution in [1.82, 2.24) is 0 Å². The normalized spacial score (nSPS) is 19.5. The monoisotopic (exact) mass is 928 g/mol. The highest BCUT2D eigenvalue weighted by Crippen LogP contribution is 2.56. The lowest BCUT2D eigenvalue weighted by molar-refractivity contribution is 0.0313. The van der Waals surface area contributed by atoms with E-state index < -0.39 is 16.5 Å². The van der Waals surface area contributed by atoms with Gasteiger partial charge in [0.2, 0.25) is 0 Å². The van der Waals surface area contributed by atoms with Gasteiger partial charge in [-0.15, -0.1) is 0 Å². The number of methoxy groups -OCH3 is 4. The number of hydrogen-bond donors (Lipinski definition) is 0. The number of benzene rings is 4. The Morgan fingerprint density at radius 1 is 0.415 bits per heavy atom. The van der Waals surface area contributed by atoms with Crippen molar-refractivity contribution in [2.75, 3.05) is 28.4 Å². The molecule has 2 aromatic heterocycles. The molecule has 65 heavy (non-hydrogen) atoms. The molecule has 0 amide bonds. The average Bonchev–Trinajstić information content (AvgIpc) is 3.74. The van der Waals surface area contributed by atoms with Crippen molar-refractivity contribution < 1.29 is 44.8 Å². The van der Waals surface area contributed by atoms with Crippen LogP contribution in [0.2, 0.25) is 0 Å². The van der Waals surface area contributed by atoms with Gasteiger partial charge < -0.3 is 35.7 Å². The smallest absolute Gasteiger partial charge is 0.387 e. The second-order valence-electron chi connectivity index (χ2n) is 22.2. The summed E-state index contributed by atoms with van der Waals surface area (Å²) in [6, 6.07) is 16.5. The summed E-state index contributed by atoms with van der Waals surface area (Å²) in [5, 5.41) is 3.54. The van der Waals surface area contributed by atoms with Gasteiger partial charge in [0.05, 0.1) is 40.6 Å². The maximum absolute atomic E-state index is 7.34. The van der Waals surface area contributed by atoms with Crippen LogP contribution in [0, 0.1) is 5.41 Å². The molecule has 2 aliphatic rings. The van der Waals surface area contributed by atoms with Gasteiger partial charge in [0.1, 0.15) is 45.3 Å². The standard InChI is InChI=1S/C53H70O10P2/c1-49(2,3)39-27-31(54-13)23-35-36-24-32(55-14)28-40(50(4,5)6)46(36)61-64(60-45(35)39)58-43-19-17-21-53(43)22-18-20-44(53)59-65-62-47-37(25-33(56-15)29-41(47)51(7,8)9)38-26-34(57-16)30-42(48(38)63-65)52(10,11)12/h23-30,43-44H,17-22H2,1-16H3. The summed E-state index contributed by atoms with van der Waals surface area (Å²) in [6.45, 7) is 26.3. The minimum atomic E-state index is -1.95. The number of rotatable bonds is 8. The Balaban J connectivity index is 1.32. The lowest BCUT2D eigenvalue weighted by atomic mass is 9.80. The molecule has 6 aromatic rings. The molecule has 0 aliphatic heterocycles. The maximum atomic E-state index is 7.34. The molecule has 12 heteroatoms. The van der Waals surface area contributed by atoms with E-state index in [9.17, 15) is 0 Å². The Labute approximate surface area is 386 Å². The molecule has 0 saturated heterocycles. The maximum Gasteiger partial charge on any atom is 0.387 e. The zero-order valence-electron chi connectivity index (χ0n) is 41.5. The predicted molar refractivity (Wildman–Crippen MR) is 265 cm³/mol. The van der Waals surface area contributed by atoms with Crippen molar-refractivity contribution in [3.63, 3.8) is 0 Å². The summed E-state index contributed by atoms with van der Waals surface area (Å²) >= 11 is 0. The van der Waals surface area contributed by atoms with Gasteiger partial charge in [-0.3, -0.25) is 9.05 Å². The van der Waals surface area contributed by atoms with Crippen molar-refractivity contribution in [3.05, 3.63) is 70.8 Å². The van der Waals surface area contributed by atoms with Crippen LogP contribution in [0.4, 0.5) is 0 Å². The van der Waals surface area contributed by atoms with Crippen LogP contribution in [0.15, 0.2) is 65.3 Å². The van der Waals surface area contributed by atoms with E-state index in [0.717, 1.165) is 128 Å². The molecule has 0 N–H and O–H groups in total. The van der Waals surface area contributed by atoms with Crippen LogP contribution >= 0.6 is 16.5 Å². The Hall–Kier alpha value is -4.20. The molecule has 10 nitrogen and oxygen atoms in total. The summed E-state index contributed by atoms with van der Waals surface area (Å²) in [6.07, 6.45) is 5.15. The minimum absolute atomic E-state index is 0.205. The summed E-state index contributed by atoms with van der Waals surface area (Å²) in [5.74, 6) is 2.98.